The number of aryl methyl sites for hydroxylation is 2. The maximum absolute atomic E-state index is 6.13. The molecule has 1 aromatic carbocycles. The number of imidazole rings is 1. The second-order valence-corrected chi connectivity index (χ2v) is 8.82. The van der Waals surface area contributed by atoms with E-state index in [4.69, 9.17) is 11.6 Å². The van der Waals surface area contributed by atoms with E-state index < -0.39 is 0 Å². The Bertz CT molecular complexity index is 982. The second-order valence-electron chi connectivity index (χ2n) is 8.38. The first kappa shape index (κ1) is 21.8. The number of unbranched alkanes of at least 4 members (excludes halogenated alkanes) is 2. The smallest absolute Gasteiger partial charge is 0.0946 e. The molecule has 1 aliphatic heterocycles. The zero-order chi connectivity index (χ0) is 21.5. The van der Waals surface area contributed by atoms with Crippen LogP contribution in [0.5, 0.6) is 0 Å². The van der Waals surface area contributed by atoms with Crippen LogP contribution in [0, 0.1) is 0 Å². The van der Waals surface area contributed by atoms with Gasteiger partial charge in [-0.05, 0) is 68.5 Å². The van der Waals surface area contributed by atoms with E-state index >= 15 is 0 Å². The number of nitrogens with zero attached hydrogens (tertiary/aromatic N) is 4. The molecule has 5 heteroatoms. The molecular formula is C26H31ClN4. The number of aromatic nitrogens is 3. The SMILES string of the molecule is Cn1cnc(CCCCCN2CCC(=C(c3ccc(Cl)cc3)c3ccccn3)CC2)c1. The molecule has 3 heterocycles. The molecule has 1 saturated heterocycles. The van der Waals surface area contributed by atoms with Gasteiger partial charge in [-0.3, -0.25) is 4.98 Å². The summed E-state index contributed by atoms with van der Waals surface area (Å²) in [6.45, 7) is 3.44. The third-order valence-corrected chi connectivity index (χ3v) is 6.28. The van der Waals surface area contributed by atoms with E-state index in [0.29, 0.717) is 0 Å². The van der Waals surface area contributed by atoms with Crippen molar-refractivity contribution in [2.45, 2.75) is 38.5 Å². The molecule has 3 aromatic rings. The molecule has 0 saturated carbocycles. The summed E-state index contributed by atoms with van der Waals surface area (Å²) in [5.41, 5.74) is 6.27. The Kier molecular flexibility index (Phi) is 7.55. The molecule has 0 amide bonds. The van der Waals surface area contributed by atoms with Gasteiger partial charge in [0.1, 0.15) is 0 Å². The summed E-state index contributed by atoms with van der Waals surface area (Å²) in [6, 6.07) is 14.3. The van der Waals surface area contributed by atoms with Crippen molar-refractivity contribution in [2.24, 2.45) is 7.05 Å². The largest absolute Gasteiger partial charge is 0.340 e. The highest BCUT2D eigenvalue weighted by Gasteiger charge is 2.19. The van der Waals surface area contributed by atoms with Crippen LogP contribution in [0.4, 0.5) is 0 Å². The number of piperidine rings is 1. The van der Waals surface area contributed by atoms with Gasteiger partial charge in [-0.1, -0.05) is 41.8 Å². The van der Waals surface area contributed by atoms with Crippen LogP contribution in [0.25, 0.3) is 5.57 Å². The highest BCUT2D eigenvalue weighted by Crippen LogP contribution is 2.32. The normalized spacial score (nSPS) is 14.7. The summed E-state index contributed by atoms with van der Waals surface area (Å²) in [5, 5.41) is 0.770. The first-order valence-electron chi connectivity index (χ1n) is 11.3. The van der Waals surface area contributed by atoms with Crippen molar-refractivity contribution in [1.82, 2.24) is 19.4 Å². The van der Waals surface area contributed by atoms with Crippen LogP contribution in [-0.2, 0) is 13.5 Å². The molecule has 2 aromatic heterocycles. The van der Waals surface area contributed by atoms with Crippen molar-refractivity contribution < 1.29 is 0 Å². The number of hydrogen-bond acceptors (Lipinski definition) is 3. The minimum Gasteiger partial charge on any atom is -0.340 e. The molecule has 0 atom stereocenters. The third kappa shape index (κ3) is 6.05. The first-order valence-corrected chi connectivity index (χ1v) is 11.7. The van der Waals surface area contributed by atoms with Gasteiger partial charge in [0.15, 0.2) is 0 Å². The van der Waals surface area contributed by atoms with E-state index in [0.717, 1.165) is 43.1 Å². The van der Waals surface area contributed by atoms with Crippen molar-refractivity contribution in [2.75, 3.05) is 19.6 Å². The fourth-order valence-corrected chi connectivity index (χ4v) is 4.50. The zero-order valence-corrected chi connectivity index (χ0v) is 19.1. The molecule has 0 N–H and O–H groups in total. The van der Waals surface area contributed by atoms with Gasteiger partial charge in [-0.25, -0.2) is 4.98 Å². The summed E-state index contributed by atoms with van der Waals surface area (Å²) < 4.78 is 2.03. The van der Waals surface area contributed by atoms with Crippen molar-refractivity contribution >= 4 is 17.2 Å². The lowest BCUT2D eigenvalue weighted by atomic mass is 9.90. The maximum atomic E-state index is 6.13. The number of pyridine rings is 1. The lowest BCUT2D eigenvalue weighted by Crippen LogP contribution is -2.32. The van der Waals surface area contributed by atoms with Crippen LogP contribution in [0.2, 0.25) is 5.02 Å². The first-order chi connectivity index (χ1) is 15.2. The Morgan fingerprint density at radius 2 is 1.77 bits per heavy atom. The molecule has 0 bridgehead atoms. The van der Waals surface area contributed by atoms with Gasteiger partial charge in [0, 0.05) is 43.1 Å². The predicted octanol–water partition coefficient (Wildman–Crippen LogP) is 5.78. The van der Waals surface area contributed by atoms with Crippen LogP contribution >= 0.6 is 11.6 Å². The summed E-state index contributed by atoms with van der Waals surface area (Å²) >= 11 is 6.13. The van der Waals surface area contributed by atoms with Crippen molar-refractivity contribution in [3.63, 3.8) is 0 Å². The molecule has 162 valence electrons. The summed E-state index contributed by atoms with van der Waals surface area (Å²) in [6.07, 6.45) is 12.9. The zero-order valence-electron chi connectivity index (χ0n) is 18.3. The molecule has 31 heavy (non-hydrogen) atoms. The van der Waals surface area contributed by atoms with E-state index in [1.165, 1.54) is 48.2 Å². The number of halogens is 1. The predicted molar refractivity (Wildman–Crippen MR) is 128 cm³/mol. The fourth-order valence-electron chi connectivity index (χ4n) is 4.37. The van der Waals surface area contributed by atoms with Gasteiger partial charge >= 0.3 is 0 Å². The monoisotopic (exact) mass is 434 g/mol. The quantitative estimate of drug-likeness (QED) is 0.421. The fraction of sp³-hybridized carbons (Fsp3) is 0.385. The van der Waals surface area contributed by atoms with E-state index in [-0.39, 0.29) is 0 Å². The van der Waals surface area contributed by atoms with Crippen molar-refractivity contribution in [3.8, 4) is 0 Å². The number of rotatable bonds is 8. The van der Waals surface area contributed by atoms with Gasteiger partial charge in [-0.2, -0.15) is 0 Å². The van der Waals surface area contributed by atoms with E-state index in [1.807, 2.05) is 42.3 Å². The lowest BCUT2D eigenvalue weighted by Gasteiger charge is -2.30. The topological polar surface area (TPSA) is 34.0 Å². The highest BCUT2D eigenvalue weighted by atomic mass is 35.5. The van der Waals surface area contributed by atoms with Gasteiger partial charge in [-0.15, -0.1) is 0 Å². The molecule has 0 radical (unpaired) electrons. The average Bonchev–Trinajstić information content (AvgIpc) is 3.22. The summed E-state index contributed by atoms with van der Waals surface area (Å²) in [5.74, 6) is 0. The van der Waals surface area contributed by atoms with Crippen LogP contribution in [0.15, 0.2) is 66.8 Å². The number of hydrogen-bond donors (Lipinski definition) is 0. The Morgan fingerprint density at radius 3 is 2.45 bits per heavy atom. The van der Waals surface area contributed by atoms with Crippen molar-refractivity contribution in [1.29, 1.82) is 0 Å². The van der Waals surface area contributed by atoms with Gasteiger partial charge < -0.3 is 9.47 Å². The standard InChI is InChI=1S/C26H31ClN4/c1-30-19-24(29-20-30)7-3-2-6-16-31-17-13-22(14-18-31)26(25-8-4-5-15-28-25)21-9-11-23(27)12-10-21/h4-5,8-12,15,19-20H,2-3,6-7,13-14,16-18H2,1H3. The number of likely N-dealkylation sites (tertiary alicyclic amines) is 1. The summed E-state index contributed by atoms with van der Waals surface area (Å²) in [7, 11) is 2.03. The Balaban J connectivity index is 1.33. The Hall–Kier alpha value is -2.43. The highest BCUT2D eigenvalue weighted by molar-refractivity contribution is 6.30. The molecule has 4 nitrogen and oxygen atoms in total. The van der Waals surface area contributed by atoms with Crippen molar-refractivity contribution in [3.05, 3.63) is 88.7 Å². The summed E-state index contributed by atoms with van der Waals surface area (Å²) in [4.78, 5) is 11.7. The van der Waals surface area contributed by atoms with Crippen LogP contribution < -0.4 is 0 Å². The Morgan fingerprint density at radius 1 is 0.968 bits per heavy atom. The van der Waals surface area contributed by atoms with E-state index in [1.54, 1.807) is 0 Å². The van der Waals surface area contributed by atoms with Gasteiger partial charge in [0.05, 0.1) is 17.7 Å². The molecule has 1 fully saturated rings. The minimum atomic E-state index is 0.770. The second kappa shape index (κ2) is 10.7. The molecule has 0 unspecified atom stereocenters. The van der Waals surface area contributed by atoms with Crippen LogP contribution in [-0.4, -0.2) is 39.1 Å². The maximum Gasteiger partial charge on any atom is 0.0946 e. The molecular weight excluding hydrogens is 404 g/mol. The van der Waals surface area contributed by atoms with E-state index in [9.17, 15) is 0 Å². The number of benzene rings is 1. The molecule has 0 spiro atoms. The minimum absolute atomic E-state index is 0.770. The van der Waals surface area contributed by atoms with Gasteiger partial charge in [0.25, 0.3) is 0 Å². The molecule has 0 aliphatic carbocycles. The molecule has 1 aliphatic rings. The lowest BCUT2D eigenvalue weighted by molar-refractivity contribution is 0.251. The average molecular weight is 435 g/mol. The third-order valence-electron chi connectivity index (χ3n) is 6.03. The van der Waals surface area contributed by atoms with Crippen LogP contribution in [0.1, 0.15) is 49.1 Å². The molecule has 4 rings (SSSR count). The van der Waals surface area contributed by atoms with E-state index in [2.05, 4.69) is 45.3 Å². The van der Waals surface area contributed by atoms with Gasteiger partial charge in [0.2, 0.25) is 0 Å². The Labute approximate surface area is 190 Å². The van der Waals surface area contributed by atoms with Crippen LogP contribution in [0.3, 0.4) is 0 Å².